The van der Waals surface area contributed by atoms with Crippen molar-refractivity contribution in [3.8, 4) is 0 Å². The lowest BCUT2D eigenvalue weighted by atomic mass is 10.1. The smallest absolute Gasteiger partial charge is 0.339 e. The summed E-state index contributed by atoms with van der Waals surface area (Å²) in [5, 5.41) is 5.39. The molecule has 5 nitrogen and oxygen atoms in total. The Labute approximate surface area is 125 Å². The van der Waals surface area contributed by atoms with Crippen molar-refractivity contribution in [2.24, 2.45) is 0 Å². The molecule has 1 fully saturated rings. The Bertz CT molecular complexity index is 620. The number of carbonyl (C=O) groups excluding carboxylic acids is 1. The van der Waals surface area contributed by atoms with Crippen LogP contribution in [0, 0.1) is 0 Å². The summed E-state index contributed by atoms with van der Waals surface area (Å²) in [4.78, 5) is 11.8. The highest BCUT2D eigenvalue weighted by Gasteiger charge is 2.19. The van der Waals surface area contributed by atoms with Gasteiger partial charge < -0.3 is 9.47 Å². The first-order valence-corrected chi connectivity index (χ1v) is 7.73. The molecule has 1 unspecified atom stereocenters. The molecule has 1 aliphatic heterocycles. The summed E-state index contributed by atoms with van der Waals surface area (Å²) >= 11 is 3.09. The van der Waals surface area contributed by atoms with Crippen LogP contribution in [0.1, 0.15) is 35.8 Å². The number of aromatic nitrogens is 2. The Kier molecular flexibility index (Phi) is 4.03. The summed E-state index contributed by atoms with van der Waals surface area (Å²) in [5.41, 5.74) is 1.62. The number of benzene rings is 1. The van der Waals surface area contributed by atoms with Crippen molar-refractivity contribution in [3.63, 3.8) is 0 Å². The topological polar surface area (TPSA) is 53.3 Å². The number of alkyl halides is 1. The summed E-state index contributed by atoms with van der Waals surface area (Å²) in [6.07, 6.45) is 4.94. The maximum Gasteiger partial charge on any atom is 0.339 e. The number of hydrogen-bond donors (Lipinski definition) is 0. The highest BCUT2D eigenvalue weighted by atomic mass is 79.9. The molecular weight excluding hydrogens is 324 g/mol. The molecule has 0 radical (unpaired) electrons. The van der Waals surface area contributed by atoms with Crippen LogP contribution in [0.15, 0.2) is 24.4 Å². The molecule has 106 valence electrons. The quantitative estimate of drug-likeness (QED) is 0.636. The molecule has 0 saturated carbocycles. The van der Waals surface area contributed by atoms with E-state index in [1.54, 1.807) is 12.3 Å². The van der Waals surface area contributed by atoms with E-state index in [2.05, 4.69) is 21.0 Å². The normalized spacial score (nSPS) is 19.1. The number of ether oxygens (including phenoxy) is 2. The maximum atomic E-state index is 11.8. The lowest BCUT2D eigenvalue weighted by Gasteiger charge is -2.23. The number of halogens is 1. The first-order chi connectivity index (χ1) is 9.79. The molecule has 1 saturated heterocycles. The van der Waals surface area contributed by atoms with Crippen LogP contribution < -0.4 is 0 Å². The molecule has 6 heteroatoms. The van der Waals surface area contributed by atoms with E-state index in [-0.39, 0.29) is 17.7 Å². The SMILES string of the molecule is O=C(OCBr)c1ccc2cnn(C3CCCCO3)c2c1. The molecular formula is C14H15BrN2O3. The predicted molar refractivity (Wildman–Crippen MR) is 77.8 cm³/mol. The summed E-state index contributed by atoms with van der Waals surface area (Å²) in [6.45, 7) is 0.761. The first-order valence-electron chi connectivity index (χ1n) is 6.61. The van der Waals surface area contributed by atoms with Gasteiger partial charge in [-0.05, 0) is 47.3 Å². The van der Waals surface area contributed by atoms with Crippen LogP contribution in [0.4, 0.5) is 0 Å². The van der Waals surface area contributed by atoms with Gasteiger partial charge in [0.25, 0.3) is 0 Å². The van der Waals surface area contributed by atoms with Gasteiger partial charge in [-0.1, -0.05) is 6.07 Å². The van der Waals surface area contributed by atoms with Crippen molar-refractivity contribution in [3.05, 3.63) is 30.0 Å². The van der Waals surface area contributed by atoms with E-state index in [1.807, 2.05) is 16.8 Å². The second kappa shape index (κ2) is 5.93. The minimum Gasteiger partial charge on any atom is -0.450 e. The van der Waals surface area contributed by atoms with Crippen molar-refractivity contribution in [2.45, 2.75) is 25.5 Å². The van der Waals surface area contributed by atoms with Gasteiger partial charge in [-0.3, -0.25) is 0 Å². The molecule has 0 spiro atoms. The molecule has 0 N–H and O–H groups in total. The van der Waals surface area contributed by atoms with E-state index in [1.165, 1.54) is 0 Å². The zero-order valence-corrected chi connectivity index (χ0v) is 12.5. The van der Waals surface area contributed by atoms with Crippen LogP contribution in [0.2, 0.25) is 0 Å². The van der Waals surface area contributed by atoms with Crippen molar-refractivity contribution in [1.29, 1.82) is 0 Å². The molecule has 0 aliphatic carbocycles. The fourth-order valence-electron chi connectivity index (χ4n) is 2.44. The van der Waals surface area contributed by atoms with Crippen molar-refractivity contribution < 1.29 is 14.3 Å². The Morgan fingerprint density at radius 3 is 3.15 bits per heavy atom. The number of nitrogens with zero attached hydrogens (tertiary/aromatic N) is 2. The molecule has 20 heavy (non-hydrogen) atoms. The standard InChI is InChI=1S/C14H15BrN2O3/c15-9-20-14(18)10-4-5-11-8-16-17(12(11)7-10)13-3-1-2-6-19-13/h4-5,7-8,13H,1-3,6,9H2. The average Bonchev–Trinajstić information content (AvgIpc) is 2.91. The summed E-state index contributed by atoms with van der Waals surface area (Å²) < 4.78 is 12.6. The van der Waals surface area contributed by atoms with Gasteiger partial charge >= 0.3 is 5.97 Å². The molecule has 2 aromatic rings. The van der Waals surface area contributed by atoms with Crippen LogP contribution in [0.25, 0.3) is 10.9 Å². The van der Waals surface area contributed by atoms with E-state index >= 15 is 0 Å². The maximum absolute atomic E-state index is 11.8. The van der Waals surface area contributed by atoms with Gasteiger partial charge in [0, 0.05) is 12.0 Å². The highest BCUT2D eigenvalue weighted by Crippen LogP contribution is 2.26. The minimum atomic E-state index is -0.346. The number of rotatable bonds is 3. The molecule has 1 atom stereocenters. The first kappa shape index (κ1) is 13.6. The van der Waals surface area contributed by atoms with Crippen LogP contribution in [0.5, 0.6) is 0 Å². The average molecular weight is 339 g/mol. The van der Waals surface area contributed by atoms with Crippen LogP contribution in [0.3, 0.4) is 0 Å². The number of carbonyl (C=O) groups is 1. The van der Waals surface area contributed by atoms with Crippen LogP contribution in [-0.4, -0.2) is 27.9 Å². The number of fused-ring (bicyclic) bond motifs is 1. The lowest BCUT2D eigenvalue weighted by Crippen LogP contribution is -2.19. The fraction of sp³-hybridized carbons (Fsp3) is 0.429. The Hall–Kier alpha value is -1.40. The minimum absolute atomic E-state index is 0.0382. The summed E-state index contributed by atoms with van der Waals surface area (Å²) in [6, 6.07) is 5.44. The van der Waals surface area contributed by atoms with E-state index in [0.29, 0.717) is 5.56 Å². The van der Waals surface area contributed by atoms with Gasteiger partial charge in [-0.2, -0.15) is 5.10 Å². The van der Waals surface area contributed by atoms with Gasteiger partial charge in [-0.15, -0.1) is 0 Å². The van der Waals surface area contributed by atoms with E-state index in [9.17, 15) is 4.79 Å². The third-order valence-electron chi connectivity index (χ3n) is 3.45. The molecule has 1 aliphatic rings. The Morgan fingerprint density at radius 1 is 1.50 bits per heavy atom. The third-order valence-corrected chi connectivity index (χ3v) is 3.68. The second-order valence-corrected chi connectivity index (χ2v) is 5.18. The zero-order chi connectivity index (χ0) is 13.9. The highest BCUT2D eigenvalue weighted by molar-refractivity contribution is 9.09. The van der Waals surface area contributed by atoms with E-state index in [4.69, 9.17) is 9.47 Å². The van der Waals surface area contributed by atoms with Crippen molar-refractivity contribution >= 4 is 32.8 Å². The number of hydrogen-bond acceptors (Lipinski definition) is 4. The van der Waals surface area contributed by atoms with Gasteiger partial charge in [0.2, 0.25) is 0 Å². The summed E-state index contributed by atoms with van der Waals surface area (Å²) in [5.74, 6) is -0.346. The lowest BCUT2D eigenvalue weighted by molar-refractivity contribution is -0.0366. The largest absolute Gasteiger partial charge is 0.450 e. The monoisotopic (exact) mass is 338 g/mol. The molecule has 1 aromatic heterocycles. The van der Waals surface area contributed by atoms with Gasteiger partial charge in [-0.25, -0.2) is 9.48 Å². The van der Waals surface area contributed by atoms with Crippen LogP contribution >= 0.6 is 15.9 Å². The summed E-state index contributed by atoms with van der Waals surface area (Å²) in [7, 11) is 0. The van der Waals surface area contributed by atoms with Gasteiger partial charge in [0.15, 0.2) is 6.23 Å². The Balaban J connectivity index is 1.96. The van der Waals surface area contributed by atoms with Gasteiger partial charge in [0.1, 0.15) is 5.52 Å². The molecule has 0 amide bonds. The molecule has 0 bridgehead atoms. The molecule has 3 rings (SSSR count). The second-order valence-electron chi connectivity index (χ2n) is 4.72. The van der Waals surface area contributed by atoms with E-state index < -0.39 is 0 Å². The van der Waals surface area contributed by atoms with Crippen molar-refractivity contribution in [2.75, 3.05) is 12.1 Å². The fourth-order valence-corrected chi connectivity index (χ4v) is 2.65. The zero-order valence-electron chi connectivity index (χ0n) is 10.9. The molecule has 2 heterocycles. The molecule has 1 aromatic carbocycles. The predicted octanol–water partition coefficient (Wildman–Crippen LogP) is 3.24. The van der Waals surface area contributed by atoms with Gasteiger partial charge in [0.05, 0.1) is 17.3 Å². The third kappa shape index (κ3) is 2.58. The van der Waals surface area contributed by atoms with Crippen LogP contribution in [-0.2, 0) is 9.47 Å². The van der Waals surface area contributed by atoms with Crippen molar-refractivity contribution in [1.82, 2.24) is 9.78 Å². The van der Waals surface area contributed by atoms with E-state index in [0.717, 1.165) is 36.8 Å². The number of esters is 1. The Morgan fingerprint density at radius 2 is 2.40 bits per heavy atom.